The van der Waals surface area contributed by atoms with Crippen LogP contribution in [0, 0.1) is 5.92 Å². The third kappa shape index (κ3) is 4.58. The lowest BCUT2D eigenvalue weighted by Gasteiger charge is -2.19. The second kappa shape index (κ2) is 7.67. The fraction of sp³-hybridized carbons (Fsp3) is 0.304. The molecule has 1 saturated carbocycles. The number of rotatable bonds is 6. The number of allylic oxidation sites excluding steroid dienone is 1. The van der Waals surface area contributed by atoms with Crippen LogP contribution in [0.4, 0.5) is 8.78 Å². The Balaban J connectivity index is 2.01. The lowest BCUT2D eigenvalue weighted by Crippen LogP contribution is -2.26. The summed E-state index contributed by atoms with van der Waals surface area (Å²) in [6.45, 7) is 0.768. The first kappa shape index (κ1) is 21.4. The van der Waals surface area contributed by atoms with Gasteiger partial charge in [-0.3, -0.25) is 4.79 Å². The van der Waals surface area contributed by atoms with Crippen LogP contribution in [-0.4, -0.2) is 24.2 Å². The number of pyridine rings is 2. The highest BCUT2D eigenvalue weighted by atomic mass is 32.2. The third-order valence-electron chi connectivity index (χ3n) is 5.37. The van der Waals surface area contributed by atoms with Crippen LogP contribution >= 0.6 is 0 Å². The highest BCUT2D eigenvalue weighted by Crippen LogP contribution is 2.41. The Morgan fingerprint density at radius 3 is 2.42 bits per heavy atom. The second-order valence-electron chi connectivity index (χ2n) is 8.09. The van der Waals surface area contributed by atoms with E-state index in [9.17, 15) is 22.0 Å². The Morgan fingerprint density at radius 2 is 1.84 bits per heavy atom. The molecule has 0 aliphatic heterocycles. The van der Waals surface area contributed by atoms with Gasteiger partial charge in [-0.15, -0.1) is 0 Å². The van der Waals surface area contributed by atoms with E-state index in [1.54, 1.807) is 6.20 Å². The largest absolute Gasteiger partial charge is 0.307 e. The molecule has 1 aromatic carbocycles. The molecule has 31 heavy (non-hydrogen) atoms. The van der Waals surface area contributed by atoms with E-state index in [-0.39, 0.29) is 22.4 Å². The van der Waals surface area contributed by atoms with Gasteiger partial charge in [0.05, 0.1) is 16.9 Å². The summed E-state index contributed by atoms with van der Waals surface area (Å²) in [6, 6.07) is 11.2. The SMILES string of the molecule is CC(F)(F)c1ccc2c(=O)n([C@H](/C=C/S(C)(=O)=O)C3CC3)cc(-c3ccccc3)c2n1. The van der Waals surface area contributed by atoms with E-state index in [4.69, 9.17) is 0 Å². The fourth-order valence-electron chi connectivity index (χ4n) is 3.67. The van der Waals surface area contributed by atoms with Crippen LogP contribution in [0.2, 0.25) is 0 Å². The molecular weight excluding hydrogens is 422 g/mol. The molecule has 1 aliphatic carbocycles. The van der Waals surface area contributed by atoms with Crippen molar-refractivity contribution in [3.63, 3.8) is 0 Å². The van der Waals surface area contributed by atoms with E-state index in [1.807, 2.05) is 30.3 Å². The van der Waals surface area contributed by atoms with Crippen molar-refractivity contribution < 1.29 is 17.2 Å². The average Bonchev–Trinajstić information content (AvgIpc) is 3.53. The predicted molar refractivity (Wildman–Crippen MR) is 117 cm³/mol. The van der Waals surface area contributed by atoms with E-state index >= 15 is 0 Å². The maximum absolute atomic E-state index is 13.9. The van der Waals surface area contributed by atoms with E-state index in [0.717, 1.165) is 37.0 Å². The summed E-state index contributed by atoms with van der Waals surface area (Å²) in [5.74, 6) is -3.00. The minimum Gasteiger partial charge on any atom is -0.307 e. The van der Waals surface area contributed by atoms with E-state index in [1.165, 1.54) is 22.8 Å². The molecule has 5 nitrogen and oxygen atoms in total. The summed E-state index contributed by atoms with van der Waals surface area (Å²) in [5.41, 5.74) is 0.674. The van der Waals surface area contributed by atoms with Crippen molar-refractivity contribution in [3.8, 4) is 11.1 Å². The molecule has 0 unspecified atom stereocenters. The monoisotopic (exact) mass is 444 g/mol. The van der Waals surface area contributed by atoms with Gasteiger partial charge in [-0.2, -0.15) is 8.78 Å². The van der Waals surface area contributed by atoms with Crippen molar-refractivity contribution in [2.24, 2.45) is 5.92 Å². The van der Waals surface area contributed by atoms with Crippen LogP contribution in [0.5, 0.6) is 0 Å². The first-order chi connectivity index (χ1) is 14.5. The zero-order valence-corrected chi connectivity index (χ0v) is 17.9. The normalized spacial score (nSPS) is 16.1. The summed E-state index contributed by atoms with van der Waals surface area (Å²) in [6.07, 6.45) is 6.01. The summed E-state index contributed by atoms with van der Waals surface area (Å²) in [7, 11) is -3.36. The maximum Gasteiger partial charge on any atom is 0.286 e. The molecule has 1 atom stereocenters. The average molecular weight is 445 g/mol. The quantitative estimate of drug-likeness (QED) is 0.553. The molecule has 2 heterocycles. The summed E-state index contributed by atoms with van der Waals surface area (Å²) >= 11 is 0. The van der Waals surface area contributed by atoms with E-state index in [0.29, 0.717) is 5.56 Å². The maximum atomic E-state index is 13.9. The molecule has 1 aliphatic rings. The smallest absolute Gasteiger partial charge is 0.286 e. The topological polar surface area (TPSA) is 69.0 Å². The fourth-order valence-corrected chi connectivity index (χ4v) is 4.11. The van der Waals surface area contributed by atoms with Crippen LogP contribution in [-0.2, 0) is 15.8 Å². The zero-order valence-electron chi connectivity index (χ0n) is 17.1. The molecule has 0 bridgehead atoms. The number of aromatic nitrogens is 2. The van der Waals surface area contributed by atoms with Crippen molar-refractivity contribution in [2.75, 3.05) is 6.26 Å². The highest BCUT2D eigenvalue weighted by molar-refractivity contribution is 7.93. The lowest BCUT2D eigenvalue weighted by atomic mass is 10.0. The first-order valence-corrected chi connectivity index (χ1v) is 11.9. The van der Waals surface area contributed by atoms with Crippen molar-refractivity contribution in [3.05, 3.63) is 76.2 Å². The first-order valence-electron chi connectivity index (χ1n) is 9.92. The molecule has 0 spiro atoms. The van der Waals surface area contributed by atoms with Crippen LogP contribution in [0.3, 0.4) is 0 Å². The Bertz CT molecular complexity index is 1320. The number of halogens is 2. The Labute approximate surface area is 179 Å². The zero-order chi connectivity index (χ0) is 22.4. The van der Waals surface area contributed by atoms with Gasteiger partial charge in [0.15, 0.2) is 9.84 Å². The van der Waals surface area contributed by atoms with E-state index < -0.39 is 27.5 Å². The third-order valence-corrected chi connectivity index (χ3v) is 6.02. The molecule has 4 rings (SSSR count). The number of hydrogen-bond acceptors (Lipinski definition) is 4. The van der Waals surface area contributed by atoms with Gasteiger partial charge in [-0.25, -0.2) is 13.4 Å². The number of nitrogens with zero attached hydrogens (tertiary/aromatic N) is 2. The molecule has 162 valence electrons. The van der Waals surface area contributed by atoms with Crippen LogP contribution < -0.4 is 5.56 Å². The molecule has 3 aromatic rings. The number of alkyl halides is 2. The molecule has 0 N–H and O–H groups in total. The van der Waals surface area contributed by atoms with Gasteiger partial charge < -0.3 is 4.57 Å². The summed E-state index contributed by atoms with van der Waals surface area (Å²) in [4.78, 5) is 17.5. The van der Waals surface area contributed by atoms with Gasteiger partial charge in [-0.05, 0) is 36.5 Å². The van der Waals surface area contributed by atoms with Gasteiger partial charge in [0.1, 0.15) is 5.69 Å². The highest BCUT2D eigenvalue weighted by Gasteiger charge is 2.33. The van der Waals surface area contributed by atoms with Crippen LogP contribution in [0.15, 0.2) is 64.9 Å². The van der Waals surface area contributed by atoms with Crippen molar-refractivity contribution >= 4 is 20.7 Å². The summed E-state index contributed by atoms with van der Waals surface area (Å²) < 4.78 is 52.7. The minimum atomic E-state index is -3.36. The molecule has 0 saturated heterocycles. The Morgan fingerprint density at radius 1 is 1.16 bits per heavy atom. The molecule has 0 radical (unpaired) electrons. The predicted octanol–water partition coefficient (Wildman–Crippen LogP) is 4.68. The van der Waals surface area contributed by atoms with Crippen molar-refractivity contribution in [1.82, 2.24) is 9.55 Å². The van der Waals surface area contributed by atoms with Crippen molar-refractivity contribution in [2.45, 2.75) is 31.7 Å². The van der Waals surface area contributed by atoms with Gasteiger partial charge in [-0.1, -0.05) is 36.4 Å². The molecule has 8 heteroatoms. The minimum absolute atomic E-state index is 0.143. The molecule has 1 fully saturated rings. The molecular formula is C23H22F2N2O3S. The van der Waals surface area contributed by atoms with Crippen molar-refractivity contribution in [1.29, 1.82) is 0 Å². The standard InChI is InChI=1S/C23H22F2N2O3S/c1-23(24,25)20-11-10-17-21(26-20)18(15-6-4-3-5-7-15)14-27(22(17)28)19(16-8-9-16)12-13-31(2,29)30/h3-7,10-14,16,19H,8-9H2,1-2H3/b13-12+/t19-/m1/s1. The number of hydrogen-bond donors (Lipinski definition) is 0. The molecule has 2 aromatic heterocycles. The van der Waals surface area contributed by atoms with Crippen LogP contribution in [0.25, 0.3) is 22.0 Å². The van der Waals surface area contributed by atoms with Gasteiger partial charge >= 0.3 is 0 Å². The number of benzene rings is 1. The molecule has 0 amide bonds. The van der Waals surface area contributed by atoms with Gasteiger partial charge in [0, 0.05) is 30.3 Å². The lowest BCUT2D eigenvalue weighted by molar-refractivity contribution is 0.0131. The van der Waals surface area contributed by atoms with Gasteiger partial charge in [0.2, 0.25) is 0 Å². The Kier molecular flexibility index (Phi) is 5.29. The number of sulfone groups is 1. The van der Waals surface area contributed by atoms with Crippen LogP contribution in [0.1, 0.15) is 31.5 Å². The Hall–Kier alpha value is -2.87. The van der Waals surface area contributed by atoms with Gasteiger partial charge in [0.25, 0.3) is 11.5 Å². The number of fused-ring (bicyclic) bond motifs is 1. The van der Waals surface area contributed by atoms with E-state index in [2.05, 4.69) is 4.98 Å². The summed E-state index contributed by atoms with van der Waals surface area (Å²) in [5, 5.41) is 1.33. The second-order valence-corrected chi connectivity index (χ2v) is 10.0.